The number of imidazole rings is 1. The molecule has 4 rings (SSSR count). The Morgan fingerprint density at radius 1 is 1.00 bits per heavy atom. The van der Waals surface area contributed by atoms with Crippen LogP contribution in [0.1, 0.15) is 18.5 Å². The molecule has 0 bridgehead atoms. The molecule has 136 valence electrons. The fraction of sp³-hybridized carbons (Fsp3) is 0.190. The lowest BCUT2D eigenvalue weighted by Crippen LogP contribution is -2.14. The fourth-order valence-electron chi connectivity index (χ4n) is 3.19. The van der Waals surface area contributed by atoms with Gasteiger partial charge in [-0.15, -0.1) is 0 Å². The highest BCUT2D eigenvalue weighted by atomic mass is 35.5. The second kappa shape index (κ2) is 7.37. The van der Waals surface area contributed by atoms with E-state index in [1.54, 1.807) is 6.20 Å². The molecule has 3 aromatic heterocycles. The topological polar surface area (TPSA) is 48.5 Å². The highest BCUT2D eigenvalue weighted by Crippen LogP contribution is 2.32. The number of aromatic nitrogens is 5. The van der Waals surface area contributed by atoms with E-state index >= 15 is 0 Å². The summed E-state index contributed by atoms with van der Waals surface area (Å²) in [5, 5.41) is 4.92. The van der Waals surface area contributed by atoms with E-state index in [1.807, 2.05) is 54.5 Å². The lowest BCUT2D eigenvalue weighted by molar-refractivity contribution is 0.427. The van der Waals surface area contributed by atoms with Crippen LogP contribution in [-0.4, -0.2) is 24.3 Å². The molecule has 0 fully saturated rings. The fourth-order valence-corrected chi connectivity index (χ4v) is 3.30. The molecule has 0 saturated carbocycles. The average Bonchev–Trinajstić information content (AvgIpc) is 3.30. The SMILES string of the molecule is Cc1cnn([C@H](C)Cn2cnc(-c3ccccc3)c2-c2ccc(Cl)nc2)c1. The van der Waals surface area contributed by atoms with E-state index in [1.165, 1.54) is 0 Å². The molecule has 0 aliphatic rings. The van der Waals surface area contributed by atoms with E-state index in [0.717, 1.165) is 34.6 Å². The normalized spacial score (nSPS) is 12.3. The number of aryl methyl sites for hydroxylation is 1. The second-order valence-electron chi connectivity index (χ2n) is 6.68. The number of halogens is 1. The zero-order valence-electron chi connectivity index (χ0n) is 15.2. The largest absolute Gasteiger partial charge is 0.328 e. The Bertz CT molecular complexity index is 1030. The Balaban J connectivity index is 1.77. The average molecular weight is 378 g/mol. The summed E-state index contributed by atoms with van der Waals surface area (Å²) in [6.07, 6.45) is 7.62. The molecule has 0 aliphatic carbocycles. The van der Waals surface area contributed by atoms with Gasteiger partial charge in [0.05, 0.1) is 30.0 Å². The third kappa shape index (κ3) is 3.64. The summed E-state index contributed by atoms with van der Waals surface area (Å²) in [4.78, 5) is 8.97. The van der Waals surface area contributed by atoms with Crippen LogP contribution in [0.4, 0.5) is 0 Å². The summed E-state index contributed by atoms with van der Waals surface area (Å²) in [7, 11) is 0. The minimum absolute atomic E-state index is 0.190. The van der Waals surface area contributed by atoms with Gasteiger partial charge in [0.15, 0.2) is 0 Å². The number of benzene rings is 1. The van der Waals surface area contributed by atoms with Gasteiger partial charge in [0.25, 0.3) is 0 Å². The Kier molecular flexibility index (Phi) is 4.77. The first-order valence-corrected chi connectivity index (χ1v) is 9.23. The maximum absolute atomic E-state index is 5.99. The molecule has 5 nitrogen and oxygen atoms in total. The highest BCUT2D eigenvalue weighted by molar-refractivity contribution is 6.29. The zero-order valence-corrected chi connectivity index (χ0v) is 16.0. The van der Waals surface area contributed by atoms with Crippen molar-refractivity contribution in [2.45, 2.75) is 26.4 Å². The van der Waals surface area contributed by atoms with Crippen LogP contribution in [0.25, 0.3) is 22.5 Å². The molecule has 0 aliphatic heterocycles. The van der Waals surface area contributed by atoms with Crippen molar-refractivity contribution in [3.8, 4) is 22.5 Å². The molecule has 27 heavy (non-hydrogen) atoms. The number of hydrogen-bond donors (Lipinski definition) is 0. The number of pyridine rings is 1. The number of hydrogen-bond acceptors (Lipinski definition) is 3. The van der Waals surface area contributed by atoms with Crippen LogP contribution in [0.15, 0.2) is 67.4 Å². The van der Waals surface area contributed by atoms with E-state index in [0.29, 0.717) is 5.15 Å². The molecule has 0 saturated heterocycles. The van der Waals surface area contributed by atoms with Crippen molar-refractivity contribution in [2.24, 2.45) is 0 Å². The third-order valence-electron chi connectivity index (χ3n) is 4.53. The molecule has 0 spiro atoms. The minimum atomic E-state index is 0.190. The van der Waals surface area contributed by atoms with Crippen molar-refractivity contribution < 1.29 is 0 Å². The molecule has 0 N–H and O–H groups in total. The Morgan fingerprint density at radius 3 is 2.48 bits per heavy atom. The van der Waals surface area contributed by atoms with Crippen molar-refractivity contribution in [1.82, 2.24) is 24.3 Å². The number of nitrogens with zero attached hydrogens (tertiary/aromatic N) is 5. The van der Waals surface area contributed by atoms with Gasteiger partial charge in [-0.05, 0) is 31.5 Å². The monoisotopic (exact) mass is 377 g/mol. The lowest BCUT2D eigenvalue weighted by Gasteiger charge is -2.16. The van der Waals surface area contributed by atoms with Gasteiger partial charge in [0.1, 0.15) is 5.15 Å². The maximum atomic E-state index is 5.99. The van der Waals surface area contributed by atoms with E-state index in [9.17, 15) is 0 Å². The predicted molar refractivity (Wildman–Crippen MR) is 108 cm³/mol. The minimum Gasteiger partial charge on any atom is -0.328 e. The van der Waals surface area contributed by atoms with Crippen molar-refractivity contribution in [3.63, 3.8) is 0 Å². The highest BCUT2D eigenvalue weighted by Gasteiger charge is 2.17. The van der Waals surface area contributed by atoms with Gasteiger partial charge in [-0.1, -0.05) is 41.9 Å². The van der Waals surface area contributed by atoms with Crippen LogP contribution in [-0.2, 0) is 6.54 Å². The first kappa shape index (κ1) is 17.5. The summed E-state index contributed by atoms with van der Waals surface area (Å²) >= 11 is 5.99. The molecular weight excluding hydrogens is 358 g/mol. The third-order valence-corrected chi connectivity index (χ3v) is 4.75. The van der Waals surface area contributed by atoms with Crippen LogP contribution < -0.4 is 0 Å². The van der Waals surface area contributed by atoms with E-state index in [-0.39, 0.29) is 6.04 Å². The van der Waals surface area contributed by atoms with E-state index in [4.69, 9.17) is 16.6 Å². The predicted octanol–water partition coefficient (Wildman–Crippen LogP) is 5.03. The Hall–Kier alpha value is -2.92. The molecule has 0 unspecified atom stereocenters. The van der Waals surface area contributed by atoms with Crippen LogP contribution in [0.2, 0.25) is 5.15 Å². The van der Waals surface area contributed by atoms with Crippen LogP contribution in [0, 0.1) is 6.92 Å². The second-order valence-corrected chi connectivity index (χ2v) is 7.06. The summed E-state index contributed by atoms with van der Waals surface area (Å²) in [5.74, 6) is 0. The van der Waals surface area contributed by atoms with Gasteiger partial charge in [-0.3, -0.25) is 4.68 Å². The van der Waals surface area contributed by atoms with Crippen molar-refractivity contribution in [3.05, 3.63) is 78.1 Å². The van der Waals surface area contributed by atoms with Gasteiger partial charge in [0.2, 0.25) is 0 Å². The quantitative estimate of drug-likeness (QED) is 0.458. The molecule has 0 amide bonds. The molecule has 1 aromatic carbocycles. The van der Waals surface area contributed by atoms with Crippen LogP contribution in [0.5, 0.6) is 0 Å². The Labute approximate surface area is 163 Å². The molecule has 1 atom stereocenters. The van der Waals surface area contributed by atoms with Gasteiger partial charge >= 0.3 is 0 Å². The summed E-state index contributed by atoms with van der Waals surface area (Å²) < 4.78 is 4.15. The molecular formula is C21H20ClN5. The summed E-state index contributed by atoms with van der Waals surface area (Å²) in [6.45, 7) is 4.95. The number of rotatable bonds is 5. The zero-order chi connectivity index (χ0) is 18.8. The van der Waals surface area contributed by atoms with Gasteiger partial charge in [-0.2, -0.15) is 5.10 Å². The first-order chi connectivity index (χ1) is 13.1. The Morgan fingerprint density at radius 2 is 1.81 bits per heavy atom. The molecule has 3 heterocycles. The maximum Gasteiger partial charge on any atom is 0.129 e. The van der Waals surface area contributed by atoms with Crippen LogP contribution in [0.3, 0.4) is 0 Å². The van der Waals surface area contributed by atoms with E-state index in [2.05, 4.69) is 39.9 Å². The first-order valence-electron chi connectivity index (χ1n) is 8.85. The van der Waals surface area contributed by atoms with Crippen LogP contribution >= 0.6 is 11.6 Å². The van der Waals surface area contributed by atoms with E-state index < -0.39 is 0 Å². The van der Waals surface area contributed by atoms with Crippen molar-refractivity contribution in [1.29, 1.82) is 0 Å². The summed E-state index contributed by atoms with van der Waals surface area (Å²) in [6, 6.07) is 14.2. The molecule has 0 radical (unpaired) electrons. The van der Waals surface area contributed by atoms with Crippen molar-refractivity contribution >= 4 is 11.6 Å². The van der Waals surface area contributed by atoms with Gasteiger partial charge in [-0.25, -0.2) is 9.97 Å². The molecule has 4 aromatic rings. The van der Waals surface area contributed by atoms with Gasteiger partial charge in [0, 0.05) is 30.1 Å². The smallest absolute Gasteiger partial charge is 0.129 e. The summed E-state index contributed by atoms with van der Waals surface area (Å²) in [5.41, 5.74) is 5.17. The lowest BCUT2D eigenvalue weighted by atomic mass is 10.1. The van der Waals surface area contributed by atoms with Crippen molar-refractivity contribution in [2.75, 3.05) is 0 Å². The van der Waals surface area contributed by atoms with Gasteiger partial charge < -0.3 is 4.57 Å². The standard InChI is InChI=1S/C21H20ClN5/c1-15-10-25-27(12-15)16(2)13-26-14-24-20(17-6-4-3-5-7-17)21(26)18-8-9-19(22)23-11-18/h3-12,14,16H,13H2,1-2H3/t16-/m1/s1. The molecule has 6 heteroatoms.